The van der Waals surface area contributed by atoms with Crippen LogP contribution >= 0.6 is 53.1 Å². The van der Waals surface area contributed by atoms with Crippen molar-refractivity contribution in [3.63, 3.8) is 0 Å². The van der Waals surface area contributed by atoms with E-state index in [4.69, 9.17) is 55.1 Å². The van der Waals surface area contributed by atoms with Crippen LogP contribution in [0, 0.1) is 0 Å². The van der Waals surface area contributed by atoms with Gasteiger partial charge in [0.15, 0.2) is 0 Å². The van der Waals surface area contributed by atoms with Gasteiger partial charge in [0.25, 0.3) is 0 Å². The first-order valence-corrected chi connectivity index (χ1v) is 11.2. The Hall–Kier alpha value is -1.15. The first-order chi connectivity index (χ1) is 11.9. The normalized spacial score (nSPS) is 11.8. The molecule has 3 aromatic rings. The van der Waals surface area contributed by atoms with Crippen molar-refractivity contribution in [2.45, 2.75) is 0 Å². The summed E-state index contributed by atoms with van der Waals surface area (Å²) < 4.78 is 12.1. The maximum atomic E-state index is 6.85. The van der Waals surface area contributed by atoms with Crippen LogP contribution in [-0.2, 0) is 0 Å². The van der Waals surface area contributed by atoms with Crippen LogP contribution in [0.3, 0.4) is 0 Å². The predicted molar refractivity (Wildman–Crippen MR) is 109 cm³/mol. The summed E-state index contributed by atoms with van der Waals surface area (Å²) in [6.45, 7) is 0. The molecular formula is C18H13Cl4O2P. The van der Waals surface area contributed by atoms with Gasteiger partial charge in [0.05, 0.1) is 0 Å². The third-order valence-electron chi connectivity index (χ3n) is 3.31. The van der Waals surface area contributed by atoms with Crippen LogP contribution in [0.4, 0.5) is 0 Å². The van der Waals surface area contributed by atoms with E-state index in [-0.39, 0.29) is 0 Å². The molecule has 0 heterocycles. The van der Waals surface area contributed by atoms with Gasteiger partial charge in [-0.05, 0) is 0 Å². The SMILES string of the molecule is Clc1ccc(O[PH](Cl)(Oc2ccc(Cl)cc2)c2ccc(Cl)cc2)cc1. The van der Waals surface area contributed by atoms with Crippen LogP contribution in [-0.4, -0.2) is 0 Å². The van der Waals surface area contributed by atoms with Crippen LogP contribution in [0.15, 0.2) is 72.8 Å². The summed E-state index contributed by atoms with van der Waals surface area (Å²) in [7, 11) is -3.34. The van der Waals surface area contributed by atoms with E-state index in [0.29, 0.717) is 26.6 Å². The summed E-state index contributed by atoms with van der Waals surface area (Å²) in [6, 6.07) is 21.0. The molecule has 130 valence electrons. The summed E-state index contributed by atoms with van der Waals surface area (Å²) in [6.07, 6.45) is 0. The molecule has 3 aromatic carbocycles. The summed E-state index contributed by atoms with van der Waals surface area (Å²) in [5.74, 6) is 1.13. The summed E-state index contributed by atoms with van der Waals surface area (Å²) in [4.78, 5) is 0. The van der Waals surface area contributed by atoms with E-state index < -0.39 is 7.07 Å². The second-order valence-electron chi connectivity index (χ2n) is 5.16. The molecule has 0 aliphatic heterocycles. The van der Waals surface area contributed by atoms with Crippen molar-refractivity contribution in [3.8, 4) is 11.5 Å². The number of rotatable bonds is 5. The van der Waals surface area contributed by atoms with Crippen LogP contribution in [0.2, 0.25) is 15.1 Å². The van der Waals surface area contributed by atoms with E-state index in [1.165, 1.54) is 0 Å². The Morgan fingerprint density at radius 1 is 0.520 bits per heavy atom. The Morgan fingerprint density at radius 3 is 1.20 bits per heavy atom. The van der Waals surface area contributed by atoms with Crippen LogP contribution in [0.5, 0.6) is 11.5 Å². The van der Waals surface area contributed by atoms with Crippen molar-refractivity contribution >= 4 is 58.4 Å². The van der Waals surface area contributed by atoms with Gasteiger partial charge in [-0.2, -0.15) is 0 Å². The molecule has 0 atom stereocenters. The average Bonchev–Trinajstić information content (AvgIpc) is 2.60. The Bertz CT molecular complexity index is 789. The summed E-state index contributed by atoms with van der Waals surface area (Å²) in [5.41, 5.74) is 0. The fraction of sp³-hybridized carbons (Fsp3) is 0. The molecule has 0 saturated carbocycles. The second kappa shape index (κ2) is 8.03. The summed E-state index contributed by atoms with van der Waals surface area (Å²) in [5, 5.41) is 2.55. The van der Waals surface area contributed by atoms with Crippen molar-refractivity contribution < 1.29 is 9.05 Å². The Balaban J connectivity index is 1.95. The first kappa shape index (κ1) is 18.6. The van der Waals surface area contributed by atoms with Gasteiger partial charge < -0.3 is 0 Å². The van der Waals surface area contributed by atoms with Crippen LogP contribution < -0.4 is 14.4 Å². The number of hydrogen-bond acceptors (Lipinski definition) is 2. The minimum absolute atomic E-state index is 0.565. The van der Waals surface area contributed by atoms with E-state index in [9.17, 15) is 0 Å². The van der Waals surface area contributed by atoms with Crippen molar-refractivity contribution in [2.24, 2.45) is 0 Å². The molecule has 0 bridgehead atoms. The number of hydrogen-bond donors (Lipinski definition) is 0. The number of benzene rings is 3. The zero-order valence-corrected chi connectivity index (χ0v) is 16.8. The molecule has 0 saturated heterocycles. The van der Waals surface area contributed by atoms with E-state index in [1.807, 2.05) is 0 Å². The van der Waals surface area contributed by atoms with Gasteiger partial charge in [0.2, 0.25) is 0 Å². The first-order valence-electron chi connectivity index (χ1n) is 7.29. The van der Waals surface area contributed by atoms with Gasteiger partial charge in [0.1, 0.15) is 0 Å². The molecule has 3 rings (SSSR count). The molecule has 0 fully saturated rings. The van der Waals surface area contributed by atoms with Crippen LogP contribution in [0.25, 0.3) is 0 Å². The minimum atomic E-state index is -3.34. The van der Waals surface area contributed by atoms with Gasteiger partial charge in [-0.1, -0.05) is 0 Å². The standard InChI is InChI=1S/C18H13Cl4O2P/c19-13-1-7-16(8-2-13)23-25(22,18-11-5-15(21)6-12-18)24-17-9-3-14(20)4-10-17/h1-12,25H. The second-order valence-corrected chi connectivity index (χ2v) is 10.0. The van der Waals surface area contributed by atoms with Gasteiger partial charge in [-0.15, -0.1) is 0 Å². The Kier molecular flexibility index (Phi) is 5.99. The Labute approximate surface area is 166 Å². The molecule has 0 spiro atoms. The molecule has 0 aliphatic carbocycles. The third kappa shape index (κ3) is 4.94. The molecule has 0 unspecified atom stereocenters. The Morgan fingerprint density at radius 2 is 0.840 bits per heavy atom. The molecular weight excluding hydrogens is 421 g/mol. The monoisotopic (exact) mass is 432 g/mol. The molecule has 0 aromatic heterocycles. The topological polar surface area (TPSA) is 18.5 Å². The molecule has 0 radical (unpaired) electrons. The van der Waals surface area contributed by atoms with Crippen molar-refractivity contribution in [1.82, 2.24) is 0 Å². The van der Waals surface area contributed by atoms with Gasteiger partial charge in [-0.25, -0.2) is 0 Å². The maximum absolute atomic E-state index is 6.85. The van der Waals surface area contributed by atoms with Gasteiger partial charge in [-0.3, -0.25) is 0 Å². The fourth-order valence-electron chi connectivity index (χ4n) is 2.10. The molecule has 7 heteroatoms. The van der Waals surface area contributed by atoms with Crippen molar-refractivity contribution in [2.75, 3.05) is 0 Å². The van der Waals surface area contributed by atoms with Crippen molar-refractivity contribution in [1.29, 1.82) is 0 Å². The summed E-state index contributed by atoms with van der Waals surface area (Å²) >= 11 is 24.7. The average molecular weight is 434 g/mol. The molecule has 25 heavy (non-hydrogen) atoms. The fourth-order valence-corrected chi connectivity index (χ4v) is 5.11. The van der Waals surface area contributed by atoms with Gasteiger partial charge in [0, 0.05) is 0 Å². The molecule has 2 nitrogen and oxygen atoms in total. The van der Waals surface area contributed by atoms with E-state index >= 15 is 0 Å². The molecule has 0 N–H and O–H groups in total. The van der Waals surface area contributed by atoms with Crippen LogP contribution in [0.1, 0.15) is 0 Å². The molecule has 0 amide bonds. The molecule has 0 aliphatic rings. The van der Waals surface area contributed by atoms with E-state index in [2.05, 4.69) is 0 Å². The predicted octanol–water partition coefficient (Wildman–Crippen LogP) is 7.16. The third-order valence-corrected chi connectivity index (χ3v) is 7.21. The van der Waals surface area contributed by atoms with E-state index in [1.54, 1.807) is 72.8 Å². The van der Waals surface area contributed by atoms with E-state index in [0.717, 1.165) is 5.30 Å². The zero-order valence-electron chi connectivity index (χ0n) is 12.8. The zero-order chi connectivity index (χ0) is 17.9. The number of halogens is 4. The van der Waals surface area contributed by atoms with Crippen molar-refractivity contribution in [3.05, 3.63) is 87.9 Å². The quantitative estimate of drug-likeness (QED) is 0.397. The van der Waals surface area contributed by atoms with Gasteiger partial charge >= 0.3 is 167 Å².